The number of aryl methyl sites for hydroxylation is 2. The minimum atomic E-state index is 0.0270. The maximum absolute atomic E-state index is 13.9. The van der Waals surface area contributed by atoms with Gasteiger partial charge in [-0.1, -0.05) is 68.1 Å². The van der Waals surface area contributed by atoms with Gasteiger partial charge < -0.3 is 4.74 Å². The zero-order chi connectivity index (χ0) is 23.1. The molecule has 4 heterocycles. The second kappa shape index (κ2) is 9.08. The molecule has 6 nitrogen and oxygen atoms in total. The van der Waals surface area contributed by atoms with Gasteiger partial charge in [-0.2, -0.15) is 0 Å². The van der Waals surface area contributed by atoms with E-state index >= 15 is 0 Å². The largest absolute Gasteiger partial charge is 0.372 e. The summed E-state index contributed by atoms with van der Waals surface area (Å²) >= 11 is 3.25. The summed E-state index contributed by atoms with van der Waals surface area (Å²) in [6, 6.07) is 10.3. The van der Waals surface area contributed by atoms with E-state index in [4.69, 9.17) is 4.74 Å². The standard InChI is InChI=1S/C25H28N4O2S2/c1-15(2)14-32-25-27-26-24-28(11-10-17-8-6-5-7-9-17)22(30)21-18-12-19(16(3)4)31-13-20(18)33-23(21)29(24)25/h5-9,16,19H,1,10-14H2,2-4H3/t19-/m0/s1. The predicted octanol–water partition coefficient (Wildman–Crippen LogP) is 5.11. The van der Waals surface area contributed by atoms with E-state index in [-0.39, 0.29) is 11.7 Å². The van der Waals surface area contributed by atoms with Crippen molar-refractivity contribution >= 4 is 39.1 Å². The molecule has 4 aromatic rings. The van der Waals surface area contributed by atoms with Gasteiger partial charge in [-0.3, -0.25) is 9.36 Å². The molecule has 8 heteroatoms. The molecule has 0 bridgehead atoms. The van der Waals surface area contributed by atoms with Crippen LogP contribution in [0.1, 0.15) is 36.8 Å². The summed E-state index contributed by atoms with van der Waals surface area (Å²) in [4.78, 5) is 15.9. The van der Waals surface area contributed by atoms with Gasteiger partial charge in [0.1, 0.15) is 4.83 Å². The Bertz CT molecular complexity index is 1380. The fourth-order valence-electron chi connectivity index (χ4n) is 4.29. The molecule has 0 aliphatic carbocycles. The molecule has 5 rings (SSSR count). The average Bonchev–Trinajstić information content (AvgIpc) is 3.39. The quantitative estimate of drug-likeness (QED) is 0.272. The summed E-state index contributed by atoms with van der Waals surface area (Å²) in [5.41, 5.74) is 3.44. The predicted molar refractivity (Wildman–Crippen MR) is 135 cm³/mol. The van der Waals surface area contributed by atoms with Crippen molar-refractivity contribution in [2.24, 2.45) is 5.92 Å². The van der Waals surface area contributed by atoms with Crippen molar-refractivity contribution in [3.63, 3.8) is 0 Å². The van der Waals surface area contributed by atoms with E-state index in [2.05, 4.69) is 47.2 Å². The lowest BCUT2D eigenvalue weighted by Gasteiger charge is -2.26. The molecule has 0 saturated heterocycles. The van der Waals surface area contributed by atoms with E-state index in [0.717, 1.165) is 50.0 Å². The molecule has 33 heavy (non-hydrogen) atoms. The molecular weight excluding hydrogens is 452 g/mol. The second-order valence-corrected chi connectivity index (χ2v) is 11.1. The summed E-state index contributed by atoms with van der Waals surface area (Å²) < 4.78 is 10.00. The van der Waals surface area contributed by atoms with Crippen LogP contribution in [-0.4, -0.2) is 31.0 Å². The van der Waals surface area contributed by atoms with Gasteiger partial charge in [0.05, 0.1) is 18.1 Å². The first-order valence-corrected chi connectivity index (χ1v) is 13.1. The molecule has 0 spiro atoms. The molecule has 0 amide bonds. The first-order valence-electron chi connectivity index (χ1n) is 11.3. The Morgan fingerprint density at radius 2 is 2.09 bits per heavy atom. The van der Waals surface area contributed by atoms with Crippen LogP contribution in [0.25, 0.3) is 16.0 Å². The molecule has 0 fully saturated rings. The van der Waals surface area contributed by atoms with Crippen LogP contribution in [0.15, 0.2) is 52.4 Å². The molecule has 0 unspecified atom stereocenters. The number of ether oxygens (including phenoxy) is 1. The Labute approximate surface area is 201 Å². The molecule has 1 aliphatic rings. The molecule has 172 valence electrons. The molecule has 3 aromatic heterocycles. The Balaban J connectivity index is 1.69. The molecule has 1 aromatic carbocycles. The van der Waals surface area contributed by atoms with Crippen molar-refractivity contribution in [2.45, 2.75) is 58.0 Å². The number of thiophene rings is 1. The number of aromatic nitrogens is 4. The molecule has 0 radical (unpaired) electrons. The molecule has 1 atom stereocenters. The lowest BCUT2D eigenvalue weighted by atomic mass is 9.96. The first-order chi connectivity index (χ1) is 15.9. The number of nitrogens with zero attached hydrogens (tertiary/aromatic N) is 4. The van der Waals surface area contributed by atoms with Gasteiger partial charge >= 0.3 is 0 Å². The van der Waals surface area contributed by atoms with E-state index < -0.39 is 0 Å². The molecule has 0 saturated carbocycles. The fraction of sp³-hybridized carbons (Fsp3) is 0.400. The minimum Gasteiger partial charge on any atom is -0.372 e. The first kappa shape index (κ1) is 22.4. The number of thioether (sulfide) groups is 1. The zero-order valence-electron chi connectivity index (χ0n) is 19.2. The maximum atomic E-state index is 13.9. The van der Waals surface area contributed by atoms with Crippen LogP contribution in [0.4, 0.5) is 0 Å². The number of benzene rings is 1. The van der Waals surface area contributed by atoms with E-state index in [1.165, 1.54) is 5.56 Å². The van der Waals surface area contributed by atoms with Gasteiger partial charge in [0.2, 0.25) is 5.78 Å². The smallest absolute Gasteiger partial charge is 0.263 e. The lowest BCUT2D eigenvalue weighted by molar-refractivity contribution is 0.00200. The molecule has 0 N–H and O–H groups in total. The van der Waals surface area contributed by atoms with Gasteiger partial charge in [-0.25, -0.2) is 4.40 Å². The van der Waals surface area contributed by atoms with Crippen LogP contribution < -0.4 is 5.56 Å². The van der Waals surface area contributed by atoms with E-state index in [1.807, 2.05) is 25.1 Å². The van der Waals surface area contributed by atoms with E-state index in [9.17, 15) is 4.79 Å². The highest BCUT2D eigenvalue weighted by molar-refractivity contribution is 7.99. The highest BCUT2D eigenvalue weighted by Crippen LogP contribution is 2.37. The highest BCUT2D eigenvalue weighted by Gasteiger charge is 2.29. The van der Waals surface area contributed by atoms with Crippen LogP contribution in [0.3, 0.4) is 0 Å². The van der Waals surface area contributed by atoms with Crippen molar-refractivity contribution in [3.8, 4) is 0 Å². The van der Waals surface area contributed by atoms with Crippen LogP contribution in [-0.2, 0) is 30.7 Å². The third kappa shape index (κ3) is 4.16. The van der Waals surface area contributed by atoms with Crippen LogP contribution in [0, 0.1) is 5.92 Å². The third-order valence-electron chi connectivity index (χ3n) is 6.08. The third-order valence-corrected chi connectivity index (χ3v) is 8.43. The summed E-state index contributed by atoms with van der Waals surface area (Å²) in [6.07, 6.45) is 1.65. The van der Waals surface area contributed by atoms with E-state index in [0.29, 0.717) is 24.8 Å². The summed E-state index contributed by atoms with van der Waals surface area (Å²) in [5.74, 6) is 1.76. The molecule has 1 aliphatic heterocycles. The fourth-order valence-corrected chi connectivity index (χ4v) is 6.36. The van der Waals surface area contributed by atoms with Crippen LogP contribution in [0.5, 0.6) is 0 Å². The van der Waals surface area contributed by atoms with Crippen molar-refractivity contribution in [2.75, 3.05) is 5.75 Å². The van der Waals surface area contributed by atoms with E-state index in [1.54, 1.807) is 27.7 Å². The normalized spacial score (nSPS) is 16.1. The Kier molecular flexibility index (Phi) is 6.16. The van der Waals surface area contributed by atoms with Crippen molar-refractivity contribution in [1.82, 2.24) is 19.2 Å². The van der Waals surface area contributed by atoms with Crippen molar-refractivity contribution in [1.29, 1.82) is 0 Å². The maximum Gasteiger partial charge on any atom is 0.263 e. The van der Waals surface area contributed by atoms with Crippen LogP contribution >= 0.6 is 23.1 Å². The van der Waals surface area contributed by atoms with Crippen molar-refractivity contribution in [3.05, 3.63) is 68.8 Å². The van der Waals surface area contributed by atoms with Gasteiger partial charge in [-0.15, -0.1) is 21.5 Å². The Morgan fingerprint density at radius 3 is 2.82 bits per heavy atom. The van der Waals surface area contributed by atoms with Crippen LogP contribution in [0.2, 0.25) is 0 Å². The number of rotatable bonds is 7. The number of fused-ring (bicyclic) bond motifs is 5. The summed E-state index contributed by atoms with van der Waals surface area (Å²) in [6.45, 7) is 11.5. The minimum absolute atomic E-state index is 0.0270. The van der Waals surface area contributed by atoms with Gasteiger partial charge in [0.25, 0.3) is 5.56 Å². The monoisotopic (exact) mass is 480 g/mol. The topological polar surface area (TPSA) is 61.4 Å². The SMILES string of the molecule is C=C(C)CSc1nnc2n(CCc3ccccc3)c(=O)c3c4c(sc3n12)CO[C@H](C(C)C)C4. The second-order valence-electron chi connectivity index (χ2n) is 9.04. The summed E-state index contributed by atoms with van der Waals surface area (Å²) in [5, 5.41) is 10.5. The molecular formula is C25H28N4O2S2. The number of hydrogen-bond donors (Lipinski definition) is 0. The average molecular weight is 481 g/mol. The van der Waals surface area contributed by atoms with Gasteiger partial charge in [-0.05, 0) is 30.4 Å². The van der Waals surface area contributed by atoms with Crippen molar-refractivity contribution < 1.29 is 4.74 Å². The summed E-state index contributed by atoms with van der Waals surface area (Å²) in [7, 11) is 0. The Morgan fingerprint density at radius 1 is 1.30 bits per heavy atom. The zero-order valence-corrected chi connectivity index (χ0v) is 20.8. The Hall–Kier alpha value is -2.42. The number of hydrogen-bond acceptors (Lipinski definition) is 6. The van der Waals surface area contributed by atoms with Gasteiger partial charge in [0.15, 0.2) is 5.16 Å². The highest BCUT2D eigenvalue weighted by atomic mass is 32.2. The lowest BCUT2D eigenvalue weighted by Crippen LogP contribution is -2.29. The van der Waals surface area contributed by atoms with Gasteiger partial charge in [0, 0.05) is 23.6 Å².